The lowest BCUT2D eigenvalue weighted by molar-refractivity contribution is -0.329. The van der Waals surface area contributed by atoms with Crippen LogP contribution in [0, 0.1) is 0 Å². The van der Waals surface area contributed by atoms with Gasteiger partial charge in [-0.25, -0.2) is 0 Å². The van der Waals surface area contributed by atoms with Gasteiger partial charge in [0.05, 0.1) is 25.9 Å². The van der Waals surface area contributed by atoms with Gasteiger partial charge in [-0.1, -0.05) is 126 Å². The SMILES string of the molecule is CC1(C)O[C@H]2[C@@H](O1)[C@@H](COC(c1ccccc1)(c1ccccc1)c1ccccc1)O[C@@H](O[C@H]1[C@H](O)[C@@H](N=[N+]=[N-])[C@@H]3OC[C@H]1O3)[C@@H]2OCc1ccccc1. The third-order valence-electron chi connectivity index (χ3n) is 10.3. The first-order valence-corrected chi connectivity index (χ1v) is 18.0. The van der Waals surface area contributed by atoms with E-state index in [9.17, 15) is 10.6 Å². The first kappa shape index (κ1) is 35.8. The first-order valence-electron chi connectivity index (χ1n) is 18.0. The Labute approximate surface area is 308 Å². The van der Waals surface area contributed by atoms with Crippen molar-refractivity contribution in [3.63, 3.8) is 0 Å². The maximum atomic E-state index is 11.5. The van der Waals surface area contributed by atoms with E-state index < -0.39 is 72.7 Å². The molecule has 8 rings (SSSR count). The molecule has 0 saturated carbocycles. The molecule has 4 fully saturated rings. The summed E-state index contributed by atoms with van der Waals surface area (Å²) in [5, 5.41) is 15.2. The van der Waals surface area contributed by atoms with Crippen LogP contribution in [-0.4, -0.2) is 85.5 Å². The molecule has 0 radical (unpaired) electrons. The Bertz CT molecular complexity index is 1750. The Kier molecular flexibility index (Phi) is 10.3. The van der Waals surface area contributed by atoms with Crippen molar-refractivity contribution in [2.24, 2.45) is 5.11 Å². The summed E-state index contributed by atoms with van der Waals surface area (Å²) < 4.78 is 52.2. The van der Waals surface area contributed by atoms with E-state index in [1.807, 2.05) is 98.8 Å². The third kappa shape index (κ3) is 7.11. The van der Waals surface area contributed by atoms with Crippen molar-refractivity contribution in [3.8, 4) is 0 Å². The van der Waals surface area contributed by atoms with Crippen LogP contribution in [0.1, 0.15) is 36.1 Å². The number of hydrogen-bond donors (Lipinski definition) is 1. The molecule has 4 saturated heterocycles. The molecule has 4 aromatic carbocycles. The quantitative estimate of drug-likeness (QED) is 0.0806. The molecule has 2 bridgehead atoms. The van der Waals surface area contributed by atoms with E-state index >= 15 is 0 Å². The molecule has 4 aliphatic heterocycles. The zero-order valence-electron chi connectivity index (χ0n) is 29.5. The number of ether oxygens (including phenoxy) is 8. The van der Waals surface area contributed by atoms with Crippen LogP contribution in [0.2, 0.25) is 0 Å². The van der Waals surface area contributed by atoms with Crippen molar-refractivity contribution in [1.29, 1.82) is 0 Å². The molecule has 276 valence electrons. The van der Waals surface area contributed by atoms with Crippen LogP contribution < -0.4 is 0 Å². The molecule has 0 spiro atoms. The van der Waals surface area contributed by atoms with E-state index in [0.717, 1.165) is 22.3 Å². The highest BCUT2D eigenvalue weighted by atomic mass is 16.8. The Balaban J connectivity index is 1.16. The maximum Gasteiger partial charge on any atom is 0.187 e. The van der Waals surface area contributed by atoms with E-state index in [4.69, 9.17) is 37.9 Å². The highest BCUT2D eigenvalue weighted by molar-refractivity contribution is 5.47. The van der Waals surface area contributed by atoms with Crippen molar-refractivity contribution < 1.29 is 43.0 Å². The minimum absolute atomic E-state index is 0.0598. The summed E-state index contributed by atoms with van der Waals surface area (Å²) in [6.45, 7) is 4.15. The number of fused-ring (bicyclic) bond motifs is 3. The van der Waals surface area contributed by atoms with Gasteiger partial charge in [0, 0.05) is 4.91 Å². The number of azide groups is 1. The Morgan fingerprint density at radius 2 is 1.36 bits per heavy atom. The lowest BCUT2D eigenvalue weighted by atomic mass is 9.80. The average molecular weight is 722 g/mol. The van der Waals surface area contributed by atoms with Gasteiger partial charge in [-0.2, -0.15) is 0 Å². The normalized spacial score (nSPS) is 31.8. The lowest BCUT2D eigenvalue weighted by Gasteiger charge is -2.46. The van der Waals surface area contributed by atoms with Gasteiger partial charge < -0.3 is 43.0 Å². The van der Waals surface area contributed by atoms with Crippen molar-refractivity contribution in [3.05, 3.63) is 154 Å². The molecule has 10 atom stereocenters. The number of rotatable bonds is 12. The zero-order chi connectivity index (χ0) is 36.4. The van der Waals surface area contributed by atoms with Gasteiger partial charge in [-0.15, -0.1) is 0 Å². The molecule has 0 unspecified atom stereocenters. The highest BCUT2D eigenvalue weighted by Crippen LogP contribution is 2.44. The summed E-state index contributed by atoms with van der Waals surface area (Å²) in [5.74, 6) is -0.984. The van der Waals surface area contributed by atoms with E-state index in [0.29, 0.717) is 0 Å². The smallest absolute Gasteiger partial charge is 0.187 e. The van der Waals surface area contributed by atoms with Crippen molar-refractivity contribution in [1.82, 2.24) is 0 Å². The van der Waals surface area contributed by atoms with Gasteiger partial charge in [0.2, 0.25) is 0 Å². The second-order valence-electron chi connectivity index (χ2n) is 14.1. The van der Waals surface area contributed by atoms with Crippen LogP contribution in [0.3, 0.4) is 0 Å². The Morgan fingerprint density at radius 1 is 0.792 bits per heavy atom. The summed E-state index contributed by atoms with van der Waals surface area (Å²) in [6, 6.07) is 39.1. The molecule has 0 aromatic heterocycles. The Morgan fingerprint density at radius 3 is 1.94 bits per heavy atom. The predicted octanol–water partition coefficient (Wildman–Crippen LogP) is 6.01. The van der Waals surface area contributed by atoms with Gasteiger partial charge in [0.15, 0.2) is 18.4 Å². The molecular weight excluding hydrogens is 678 g/mol. The molecule has 4 heterocycles. The van der Waals surface area contributed by atoms with Crippen molar-refractivity contribution in [2.75, 3.05) is 13.2 Å². The number of nitrogens with zero attached hydrogens (tertiary/aromatic N) is 3. The van der Waals surface area contributed by atoms with E-state index in [1.54, 1.807) is 0 Å². The summed E-state index contributed by atoms with van der Waals surface area (Å²) >= 11 is 0. The molecule has 4 aliphatic rings. The zero-order valence-corrected chi connectivity index (χ0v) is 29.5. The van der Waals surface area contributed by atoms with Gasteiger partial charge in [-0.05, 0) is 41.6 Å². The largest absolute Gasteiger partial charge is 0.390 e. The van der Waals surface area contributed by atoms with E-state index in [2.05, 4.69) is 46.4 Å². The molecule has 1 N–H and O–H groups in total. The summed E-state index contributed by atoms with van der Waals surface area (Å²) in [4.78, 5) is 2.92. The highest BCUT2D eigenvalue weighted by Gasteiger charge is 2.59. The van der Waals surface area contributed by atoms with E-state index in [1.165, 1.54) is 0 Å². The fraction of sp³-hybridized carbons (Fsp3) is 0.415. The number of aliphatic hydroxyl groups is 1. The minimum atomic E-state index is -1.23. The number of aliphatic hydroxyl groups excluding tert-OH is 1. The van der Waals surface area contributed by atoms with Gasteiger partial charge in [-0.3, -0.25) is 0 Å². The molecule has 0 aliphatic carbocycles. The van der Waals surface area contributed by atoms with Crippen LogP contribution in [0.5, 0.6) is 0 Å². The fourth-order valence-electron chi connectivity index (χ4n) is 7.87. The molecule has 0 amide bonds. The summed E-state index contributed by atoms with van der Waals surface area (Å²) in [5.41, 5.74) is 12.0. The van der Waals surface area contributed by atoms with Gasteiger partial charge in [0.25, 0.3) is 0 Å². The van der Waals surface area contributed by atoms with Crippen LogP contribution in [0.4, 0.5) is 0 Å². The summed E-state index contributed by atoms with van der Waals surface area (Å²) in [6.07, 6.45) is -7.59. The molecule has 12 heteroatoms. The average Bonchev–Trinajstić information content (AvgIpc) is 3.78. The van der Waals surface area contributed by atoms with Crippen LogP contribution in [0.15, 0.2) is 126 Å². The van der Waals surface area contributed by atoms with Gasteiger partial charge in [0.1, 0.15) is 48.3 Å². The molecular formula is C41H43N3O9. The van der Waals surface area contributed by atoms with Gasteiger partial charge >= 0.3 is 0 Å². The van der Waals surface area contributed by atoms with Crippen molar-refractivity contribution >= 4 is 0 Å². The topological polar surface area (TPSA) is 143 Å². The minimum Gasteiger partial charge on any atom is -0.390 e. The van der Waals surface area contributed by atoms with E-state index in [-0.39, 0.29) is 19.8 Å². The molecule has 12 nitrogen and oxygen atoms in total. The fourth-order valence-corrected chi connectivity index (χ4v) is 7.87. The predicted molar refractivity (Wildman–Crippen MR) is 191 cm³/mol. The van der Waals surface area contributed by atoms with Crippen molar-refractivity contribution in [2.45, 2.75) is 93.2 Å². The maximum absolute atomic E-state index is 11.5. The molecule has 4 aromatic rings. The van der Waals surface area contributed by atoms with Crippen LogP contribution in [-0.2, 0) is 50.1 Å². The monoisotopic (exact) mass is 721 g/mol. The van der Waals surface area contributed by atoms with Crippen LogP contribution >= 0.6 is 0 Å². The third-order valence-corrected chi connectivity index (χ3v) is 10.3. The number of benzene rings is 4. The molecule has 53 heavy (non-hydrogen) atoms. The standard InChI is InChI=1S/C41H43N3O9/c1-40(2)52-35-31(25-48-41(27-17-9-4-10-18-27,28-19-11-5-12-20-28)29-21-13-6-14-22-29)50-39(37(36(35)53-40)46-23-26-15-7-3-8-16-26)51-34-30-24-47-38(49-30)32(33(34)45)43-44-42/h3-22,30-39,45H,23-25H2,1-2H3/t30-,31-,32-,33-,34-,35+,36+,37-,38-,39+/m1/s1. The summed E-state index contributed by atoms with van der Waals surface area (Å²) in [7, 11) is 0. The number of hydrogen-bond acceptors (Lipinski definition) is 10. The second kappa shape index (κ2) is 15.3. The first-order chi connectivity index (χ1) is 25.9. The second-order valence-corrected chi connectivity index (χ2v) is 14.1. The van der Waals surface area contributed by atoms with Crippen LogP contribution in [0.25, 0.3) is 10.4 Å². The lowest BCUT2D eigenvalue weighted by Crippen LogP contribution is -2.62. The Hall–Kier alpha value is -4.17.